The highest BCUT2D eigenvalue weighted by Crippen LogP contribution is 2.16. The quantitative estimate of drug-likeness (QED) is 0.0356. The smallest absolute Gasteiger partial charge is 0.260 e. The van der Waals surface area contributed by atoms with Crippen molar-refractivity contribution in [3.63, 3.8) is 0 Å². The van der Waals surface area contributed by atoms with Crippen LogP contribution in [0.5, 0.6) is 0 Å². The molecule has 3 N–H and O–H groups in total. The summed E-state index contributed by atoms with van der Waals surface area (Å²) in [5, 5.41) is 8.99. The fraction of sp³-hybridized carbons (Fsp3) is 0.968. The van der Waals surface area contributed by atoms with Crippen LogP contribution in [-0.4, -0.2) is 16.3 Å². The van der Waals surface area contributed by atoms with Crippen molar-refractivity contribution >= 4 is 5.91 Å². The van der Waals surface area contributed by atoms with E-state index in [9.17, 15) is 4.79 Å². The van der Waals surface area contributed by atoms with Gasteiger partial charge in [-0.3, -0.25) is 10.0 Å². The Bertz CT molecular complexity index is 415. The van der Waals surface area contributed by atoms with Gasteiger partial charge in [0.1, 0.15) is 0 Å². The van der Waals surface area contributed by atoms with Crippen LogP contribution in [0.25, 0.3) is 0 Å². The van der Waals surface area contributed by atoms with Crippen LogP contribution in [0.2, 0.25) is 0 Å². The maximum Gasteiger partial charge on any atom is 0.260 e. The number of hydrazine groups is 1. The molecule has 0 saturated heterocycles. The number of amides is 1. The molecule has 0 fully saturated rings. The molecule has 0 aromatic rings. The monoisotopic (exact) mass is 496 g/mol. The van der Waals surface area contributed by atoms with Gasteiger partial charge in [0.2, 0.25) is 0 Å². The highest BCUT2D eigenvalue weighted by Gasteiger charge is 2.05. The summed E-state index contributed by atoms with van der Waals surface area (Å²) in [4.78, 5) is 11.1. The Balaban J connectivity index is 3.05. The molecule has 0 unspecified atom stereocenters. The Morgan fingerprint density at radius 3 is 0.857 bits per heavy atom. The van der Waals surface area contributed by atoms with Gasteiger partial charge in [-0.1, -0.05) is 180 Å². The zero-order valence-electron chi connectivity index (χ0n) is 23.9. The van der Waals surface area contributed by atoms with Gasteiger partial charge in [-0.05, 0) is 6.42 Å². The molecule has 0 radical (unpaired) electrons. The Labute approximate surface area is 220 Å². The van der Waals surface area contributed by atoms with E-state index in [0.717, 1.165) is 12.8 Å². The molecule has 4 nitrogen and oxygen atoms in total. The molecular formula is C31H64N2O2. The number of hydrogen-bond donors (Lipinski definition) is 2. The summed E-state index contributed by atoms with van der Waals surface area (Å²) in [6, 6.07) is 0. The lowest BCUT2D eigenvalue weighted by Crippen LogP contribution is -2.33. The van der Waals surface area contributed by atoms with E-state index in [1.54, 1.807) is 0 Å². The zero-order valence-corrected chi connectivity index (χ0v) is 23.9. The number of unbranched alkanes of at least 4 members (excludes halogenated alkanes) is 27. The van der Waals surface area contributed by atoms with Gasteiger partial charge in [0.15, 0.2) is 0 Å². The highest BCUT2D eigenvalue weighted by atomic mass is 16.5. The number of nitrogens with zero attached hydrogens (tertiary/aromatic N) is 1. The second kappa shape index (κ2) is 29.6. The van der Waals surface area contributed by atoms with Crippen LogP contribution < -0.4 is 5.84 Å². The highest BCUT2D eigenvalue weighted by molar-refractivity contribution is 5.74. The predicted molar refractivity (Wildman–Crippen MR) is 152 cm³/mol. The second-order valence-electron chi connectivity index (χ2n) is 11.0. The minimum atomic E-state index is -0.389. The van der Waals surface area contributed by atoms with E-state index >= 15 is 0 Å². The molecule has 0 bridgehead atoms. The first kappa shape index (κ1) is 34.4. The molecule has 0 aromatic heterocycles. The fourth-order valence-corrected chi connectivity index (χ4v) is 5.06. The van der Waals surface area contributed by atoms with Gasteiger partial charge in [-0.2, -0.15) is 5.17 Å². The lowest BCUT2D eigenvalue weighted by molar-refractivity contribution is -0.166. The Morgan fingerprint density at radius 1 is 0.457 bits per heavy atom. The molecule has 0 aromatic carbocycles. The third-order valence-electron chi connectivity index (χ3n) is 7.50. The third kappa shape index (κ3) is 29.5. The lowest BCUT2D eigenvalue weighted by Gasteiger charge is -2.07. The Kier molecular flexibility index (Phi) is 29.1. The molecule has 0 aliphatic carbocycles. The van der Waals surface area contributed by atoms with Crippen molar-refractivity contribution in [2.24, 2.45) is 5.84 Å². The van der Waals surface area contributed by atoms with Crippen LogP contribution in [0.1, 0.15) is 193 Å². The zero-order chi connectivity index (χ0) is 25.7. The van der Waals surface area contributed by atoms with Gasteiger partial charge in [0.25, 0.3) is 5.91 Å². The fourth-order valence-electron chi connectivity index (χ4n) is 5.06. The molecule has 0 spiro atoms. The topological polar surface area (TPSA) is 66.6 Å². The van der Waals surface area contributed by atoms with E-state index < -0.39 is 0 Å². The summed E-state index contributed by atoms with van der Waals surface area (Å²) in [5.41, 5.74) is 0. The number of hydrogen-bond acceptors (Lipinski definition) is 3. The SMILES string of the molecule is CCCCCCCCCCCCCCCCCCCCCCCCCCCCCCC(=O)N(N)O. The molecule has 0 rings (SSSR count). The number of hydroxylamine groups is 1. The van der Waals surface area contributed by atoms with Crippen molar-refractivity contribution in [2.75, 3.05) is 0 Å². The summed E-state index contributed by atoms with van der Waals surface area (Å²) < 4.78 is 0. The number of nitrogens with two attached hydrogens (primary N) is 1. The van der Waals surface area contributed by atoms with Crippen LogP contribution in [0.15, 0.2) is 0 Å². The lowest BCUT2D eigenvalue weighted by atomic mass is 10.0. The van der Waals surface area contributed by atoms with E-state index in [-0.39, 0.29) is 11.1 Å². The average molecular weight is 497 g/mol. The normalized spacial score (nSPS) is 11.3. The molecule has 0 saturated carbocycles. The van der Waals surface area contributed by atoms with Crippen LogP contribution in [0.4, 0.5) is 0 Å². The Hall–Kier alpha value is -0.610. The summed E-state index contributed by atoms with van der Waals surface area (Å²) in [5.74, 6) is 4.59. The van der Waals surface area contributed by atoms with Crippen LogP contribution in [0, 0.1) is 0 Å². The van der Waals surface area contributed by atoms with E-state index in [1.165, 1.54) is 167 Å². The molecule has 0 aliphatic heterocycles. The van der Waals surface area contributed by atoms with Crippen molar-refractivity contribution in [2.45, 2.75) is 193 Å². The van der Waals surface area contributed by atoms with Gasteiger partial charge in [0.05, 0.1) is 0 Å². The van der Waals surface area contributed by atoms with E-state index in [4.69, 9.17) is 11.0 Å². The van der Waals surface area contributed by atoms with E-state index in [0.29, 0.717) is 6.42 Å². The number of carbonyl (C=O) groups is 1. The van der Waals surface area contributed by atoms with E-state index in [1.807, 2.05) is 0 Å². The van der Waals surface area contributed by atoms with Crippen molar-refractivity contribution in [3.8, 4) is 0 Å². The molecule has 4 heteroatoms. The predicted octanol–water partition coefficient (Wildman–Crippen LogP) is 10.4. The molecule has 0 aliphatic rings. The molecule has 210 valence electrons. The first-order valence-electron chi connectivity index (χ1n) is 15.9. The van der Waals surface area contributed by atoms with Gasteiger partial charge in [-0.25, -0.2) is 5.84 Å². The largest absolute Gasteiger partial charge is 0.271 e. The summed E-state index contributed by atoms with van der Waals surface area (Å²) in [6.07, 6.45) is 39.1. The molecule has 0 heterocycles. The summed E-state index contributed by atoms with van der Waals surface area (Å²) >= 11 is 0. The van der Waals surface area contributed by atoms with Crippen molar-refractivity contribution in [1.82, 2.24) is 5.17 Å². The van der Waals surface area contributed by atoms with Crippen molar-refractivity contribution in [3.05, 3.63) is 0 Å². The average Bonchev–Trinajstić information content (AvgIpc) is 2.85. The second-order valence-corrected chi connectivity index (χ2v) is 11.0. The number of carbonyl (C=O) groups excluding carboxylic acids is 1. The maximum absolute atomic E-state index is 11.1. The van der Waals surface area contributed by atoms with Gasteiger partial charge in [0, 0.05) is 6.42 Å². The molecule has 1 amide bonds. The summed E-state index contributed by atoms with van der Waals surface area (Å²) in [7, 11) is 0. The van der Waals surface area contributed by atoms with Gasteiger partial charge >= 0.3 is 0 Å². The van der Waals surface area contributed by atoms with Crippen LogP contribution >= 0.6 is 0 Å². The first-order valence-corrected chi connectivity index (χ1v) is 15.9. The summed E-state index contributed by atoms with van der Waals surface area (Å²) in [6.45, 7) is 2.30. The van der Waals surface area contributed by atoms with Crippen LogP contribution in [-0.2, 0) is 4.79 Å². The standard InChI is InChI=1S/C31H64N2O2/c1-2-3-4-5-6-7-8-9-10-11-12-13-14-15-16-17-18-19-20-21-22-23-24-25-26-27-28-29-30-31(34)33(32)35/h35H,2-30,32H2,1H3. The maximum atomic E-state index is 11.1. The van der Waals surface area contributed by atoms with Gasteiger partial charge in [-0.15, -0.1) is 0 Å². The Morgan fingerprint density at radius 2 is 0.657 bits per heavy atom. The molecule has 0 atom stereocenters. The van der Waals surface area contributed by atoms with Crippen molar-refractivity contribution < 1.29 is 10.0 Å². The first-order chi connectivity index (χ1) is 17.2. The van der Waals surface area contributed by atoms with E-state index in [2.05, 4.69) is 6.92 Å². The number of rotatable bonds is 29. The third-order valence-corrected chi connectivity index (χ3v) is 7.50. The van der Waals surface area contributed by atoms with Gasteiger partial charge < -0.3 is 0 Å². The van der Waals surface area contributed by atoms with Crippen LogP contribution in [0.3, 0.4) is 0 Å². The van der Waals surface area contributed by atoms with Crippen molar-refractivity contribution in [1.29, 1.82) is 0 Å². The minimum absolute atomic E-state index is 0.209. The molecular weight excluding hydrogens is 432 g/mol. The minimum Gasteiger partial charge on any atom is -0.271 e. The molecule has 35 heavy (non-hydrogen) atoms.